The van der Waals surface area contributed by atoms with Crippen molar-refractivity contribution >= 4 is 21.6 Å². The van der Waals surface area contributed by atoms with Gasteiger partial charge in [-0.15, -0.1) is 0 Å². The van der Waals surface area contributed by atoms with E-state index in [2.05, 4.69) is 55.2 Å². The topological polar surface area (TPSA) is 42.7 Å². The highest BCUT2D eigenvalue weighted by atomic mass is 79.9. The summed E-state index contributed by atoms with van der Waals surface area (Å²) in [5, 5.41) is 4.33. The maximum atomic E-state index is 6.49. The first-order valence-corrected chi connectivity index (χ1v) is 11.9. The van der Waals surface area contributed by atoms with E-state index in [-0.39, 0.29) is 5.60 Å². The third-order valence-corrected chi connectivity index (χ3v) is 8.05. The third-order valence-electron chi connectivity index (χ3n) is 7.49. The highest BCUT2D eigenvalue weighted by molar-refractivity contribution is 9.10. The van der Waals surface area contributed by atoms with Crippen LogP contribution in [0.5, 0.6) is 5.75 Å². The van der Waals surface area contributed by atoms with Crippen LogP contribution in [0.25, 0.3) is 16.8 Å². The van der Waals surface area contributed by atoms with Crippen molar-refractivity contribution in [1.82, 2.24) is 19.5 Å². The fourth-order valence-corrected chi connectivity index (χ4v) is 5.54. The van der Waals surface area contributed by atoms with Crippen molar-refractivity contribution in [3.8, 4) is 16.9 Å². The van der Waals surface area contributed by atoms with Crippen molar-refractivity contribution in [2.45, 2.75) is 50.5 Å². The molecule has 1 aliphatic heterocycles. The lowest BCUT2D eigenvalue weighted by molar-refractivity contribution is 0.0135. The largest absolute Gasteiger partial charge is 0.486 e. The monoisotopic (exact) mass is 466 g/mol. The van der Waals surface area contributed by atoms with E-state index in [4.69, 9.17) is 4.74 Å². The van der Waals surface area contributed by atoms with E-state index in [1.165, 1.54) is 58.0 Å². The number of hydrogen-bond donors (Lipinski definition) is 0. The van der Waals surface area contributed by atoms with Gasteiger partial charge in [0.1, 0.15) is 11.4 Å². The van der Waals surface area contributed by atoms with Crippen molar-refractivity contribution in [1.29, 1.82) is 0 Å². The van der Waals surface area contributed by atoms with Crippen molar-refractivity contribution in [2.75, 3.05) is 19.6 Å². The molecule has 0 bridgehead atoms. The molecule has 6 heteroatoms. The smallest absolute Gasteiger partial charge is 0.169 e. The Labute approximate surface area is 185 Å². The van der Waals surface area contributed by atoms with Crippen molar-refractivity contribution in [3.63, 3.8) is 0 Å². The van der Waals surface area contributed by atoms with Crippen molar-refractivity contribution in [2.24, 2.45) is 5.41 Å². The van der Waals surface area contributed by atoms with Gasteiger partial charge in [0.05, 0.1) is 10.7 Å². The number of fused-ring (bicyclic) bond motifs is 1. The van der Waals surface area contributed by atoms with Crippen LogP contribution >= 0.6 is 15.9 Å². The predicted molar refractivity (Wildman–Crippen MR) is 121 cm³/mol. The van der Waals surface area contributed by atoms with Crippen LogP contribution in [0.4, 0.5) is 0 Å². The minimum atomic E-state index is 0.0352. The van der Waals surface area contributed by atoms with Crippen LogP contribution in [0, 0.1) is 5.41 Å². The van der Waals surface area contributed by atoms with Crippen molar-refractivity contribution < 1.29 is 4.74 Å². The van der Waals surface area contributed by atoms with Gasteiger partial charge >= 0.3 is 0 Å². The summed E-state index contributed by atoms with van der Waals surface area (Å²) in [5.41, 5.74) is 3.75. The lowest BCUT2D eigenvalue weighted by Crippen LogP contribution is -2.47. The molecule has 6 rings (SSSR count). The van der Waals surface area contributed by atoms with E-state index in [9.17, 15) is 0 Å². The third kappa shape index (κ3) is 3.44. The molecule has 2 aliphatic carbocycles. The second-order valence-electron chi connectivity index (χ2n) is 9.54. The number of rotatable bonds is 5. The number of hydrogen-bond acceptors (Lipinski definition) is 4. The number of aromatic nitrogens is 3. The second-order valence-corrected chi connectivity index (χ2v) is 10.4. The number of piperidine rings is 1. The summed E-state index contributed by atoms with van der Waals surface area (Å²) in [5.74, 6) is 0.972. The molecule has 1 saturated heterocycles. The summed E-state index contributed by atoms with van der Waals surface area (Å²) in [7, 11) is 0. The van der Waals surface area contributed by atoms with Crippen molar-refractivity contribution in [3.05, 3.63) is 47.3 Å². The number of halogens is 1. The number of ether oxygens (including phenoxy) is 1. The van der Waals surface area contributed by atoms with Crippen LogP contribution in [0.15, 0.2) is 47.3 Å². The Kier molecular flexibility index (Phi) is 4.43. The van der Waals surface area contributed by atoms with Crippen LogP contribution in [0.2, 0.25) is 0 Å². The molecule has 3 heterocycles. The minimum Gasteiger partial charge on any atom is -0.486 e. The first kappa shape index (κ1) is 18.8. The van der Waals surface area contributed by atoms with E-state index >= 15 is 0 Å². The highest BCUT2D eigenvalue weighted by Gasteiger charge is 2.48. The minimum absolute atomic E-state index is 0.0352. The molecule has 1 spiro atoms. The zero-order chi connectivity index (χ0) is 20.2. The summed E-state index contributed by atoms with van der Waals surface area (Å²) >= 11 is 3.47. The van der Waals surface area contributed by atoms with E-state index in [0.717, 1.165) is 33.5 Å². The van der Waals surface area contributed by atoms with Gasteiger partial charge in [-0.3, -0.25) is 4.90 Å². The van der Waals surface area contributed by atoms with E-state index in [1.807, 2.05) is 12.4 Å². The van der Waals surface area contributed by atoms with E-state index < -0.39 is 0 Å². The Morgan fingerprint density at radius 3 is 2.37 bits per heavy atom. The first-order valence-electron chi connectivity index (χ1n) is 11.1. The number of benzene rings is 1. The molecule has 156 valence electrons. The summed E-state index contributed by atoms with van der Waals surface area (Å²) in [6, 6.07) is 8.43. The molecular weight excluding hydrogens is 440 g/mol. The molecule has 0 atom stereocenters. The summed E-state index contributed by atoms with van der Waals surface area (Å²) in [6.45, 7) is 3.59. The molecule has 3 fully saturated rings. The maximum Gasteiger partial charge on any atom is 0.169 e. The molecule has 3 aromatic rings. The molecule has 2 saturated carbocycles. The zero-order valence-corrected chi connectivity index (χ0v) is 18.8. The molecular formula is C24H27BrN4O. The van der Waals surface area contributed by atoms with Gasteiger partial charge in [-0.1, -0.05) is 18.6 Å². The first-order chi connectivity index (χ1) is 14.6. The Morgan fingerprint density at radius 1 is 0.933 bits per heavy atom. The quantitative estimate of drug-likeness (QED) is 0.509. The van der Waals surface area contributed by atoms with Gasteiger partial charge in [-0.25, -0.2) is 9.50 Å². The Hall–Kier alpha value is -1.92. The van der Waals surface area contributed by atoms with E-state index in [0.29, 0.717) is 5.41 Å². The lowest BCUT2D eigenvalue weighted by Gasteiger charge is -2.48. The lowest BCUT2D eigenvalue weighted by atomic mass is 9.63. The Morgan fingerprint density at radius 2 is 1.70 bits per heavy atom. The highest BCUT2D eigenvalue weighted by Crippen LogP contribution is 2.50. The van der Waals surface area contributed by atoms with Gasteiger partial charge in [-0.05, 0) is 90.7 Å². The number of nitrogens with zero attached hydrogens (tertiary/aromatic N) is 4. The molecule has 0 N–H and O–H groups in total. The summed E-state index contributed by atoms with van der Waals surface area (Å²) in [6.07, 6.45) is 15.2. The van der Waals surface area contributed by atoms with Crippen LogP contribution in [0.1, 0.15) is 44.9 Å². The van der Waals surface area contributed by atoms with Crippen LogP contribution in [0.3, 0.4) is 0 Å². The predicted octanol–water partition coefficient (Wildman–Crippen LogP) is 5.34. The Balaban J connectivity index is 1.11. The van der Waals surface area contributed by atoms with Crippen LogP contribution in [-0.2, 0) is 0 Å². The maximum absolute atomic E-state index is 6.49. The molecule has 0 unspecified atom stereocenters. The Bertz CT molecular complexity index is 1060. The van der Waals surface area contributed by atoms with E-state index in [1.54, 1.807) is 10.7 Å². The molecule has 0 amide bonds. The molecule has 3 aliphatic rings. The average Bonchev–Trinajstić information content (AvgIpc) is 3.40. The SMILES string of the molecule is Brc1cnn2cc(-c3ccc(OC4(CN5CCC6(CCC6)CC5)CC4)cc3)cnc12. The summed E-state index contributed by atoms with van der Waals surface area (Å²) in [4.78, 5) is 7.16. The fourth-order valence-electron chi connectivity index (χ4n) is 5.16. The van der Waals surface area contributed by atoms with Gasteiger partial charge in [-0.2, -0.15) is 5.10 Å². The molecule has 30 heavy (non-hydrogen) atoms. The van der Waals surface area contributed by atoms with Gasteiger partial charge in [0, 0.05) is 24.5 Å². The van der Waals surface area contributed by atoms with Gasteiger partial charge in [0.2, 0.25) is 0 Å². The van der Waals surface area contributed by atoms with Crippen LogP contribution in [-0.4, -0.2) is 44.7 Å². The number of likely N-dealkylation sites (tertiary alicyclic amines) is 1. The molecule has 2 aromatic heterocycles. The average molecular weight is 467 g/mol. The van der Waals surface area contributed by atoms with Gasteiger partial charge in [0.25, 0.3) is 0 Å². The molecule has 5 nitrogen and oxygen atoms in total. The fraction of sp³-hybridized carbons (Fsp3) is 0.500. The van der Waals surface area contributed by atoms with Gasteiger partial charge in [0.15, 0.2) is 5.65 Å². The summed E-state index contributed by atoms with van der Waals surface area (Å²) < 4.78 is 9.20. The standard InChI is InChI=1S/C24H27BrN4O/c25-21-15-27-29-16-19(14-26-22(21)29)18-2-4-20(5-3-18)30-24(8-9-24)17-28-12-10-23(11-13-28)6-1-7-23/h2-5,14-16H,1,6-13,17H2. The molecule has 1 aromatic carbocycles. The zero-order valence-electron chi connectivity index (χ0n) is 17.2. The second kappa shape index (κ2) is 7.06. The normalized spacial score (nSPS) is 22.2. The van der Waals surface area contributed by atoms with Gasteiger partial charge < -0.3 is 4.74 Å². The molecule has 0 radical (unpaired) electrons. The van der Waals surface area contributed by atoms with Crippen LogP contribution < -0.4 is 4.74 Å².